The molecule has 1 aliphatic heterocycles. The SMILES string of the molecule is CN(C)c1c(C(=O)N[C@H]2CCOc3ccccc32)cnc2c(C3=CCCCCC3)cccc12. The number of fused-ring (bicyclic) bond motifs is 2. The molecule has 1 amide bonds. The maximum absolute atomic E-state index is 13.5. The van der Waals surface area contributed by atoms with Gasteiger partial charge in [0.1, 0.15) is 5.75 Å². The van der Waals surface area contributed by atoms with Crippen molar-refractivity contribution >= 4 is 28.1 Å². The van der Waals surface area contributed by atoms with Gasteiger partial charge in [-0.15, -0.1) is 0 Å². The van der Waals surface area contributed by atoms with E-state index in [9.17, 15) is 4.79 Å². The van der Waals surface area contributed by atoms with Crippen molar-refractivity contribution in [3.63, 3.8) is 0 Å². The number of pyridine rings is 1. The van der Waals surface area contributed by atoms with Gasteiger partial charge in [0, 0.05) is 43.2 Å². The Hall–Kier alpha value is -3.34. The molecular formula is C28H31N3O2. The van der Waals surface area contributed by atoms with Crippen LogP contribution in [0.3, 0.4) is 0 Å². The highest BCUT2D eigenvalue weighted by Crippen LogP contribution is 2.36. The molecule has 0 spiro atoms. The van der Waals surface area contributed by atoms with Crippen molar-refractivity contribution in [2.75, 3.05) is 25.6 Å². The van der Waals surface area contributed by atoms with Gasteiger partial charge < -0.3 is 15.0 Å². The largest absolute Gasteiger partial charge is 0.493 e. The average Bonchev–Trinajstić information content (AvgIpc) is 3.12. The molecule has 5 nitrogen and oxygen atoms in total. The number of carbonyl (C=O) groups is 1. The first kappa shape index (κ1) is 21.5. The monoisotopic (exact) mass is 441 g/mol. The number of hydrogen-bond acceptors (Lipinski definition) is 4. The summed E-state index contributed by atoms with van der Waals surface area (Å²) in [5.41, 5.74) is 6.09. The highest BCUT2D eigenvalue weighted by Gasteiger charge is 2.26. The Labute approximate surface area is 195 Å². The standard InChI is InChI=1S/C28H31N3O2/c1-31(2)27-22-14-9-13-20(19-10-5-3-4-6-11-19)26(22)29-18-23(27)28(32)30-24-16-17-33-25-15-8-7-12-21(24)25/h7-10,12-15,18,24H,3-6,11,16-17H2,1-2H3,(H,30,32)/t24-/m0/s1. The topological polar surface area (TPSA) is 54.5 Å². The van der Waals surface area contributed by atoms with Gasteiger partial charge in [0.2, 0.25) is 0 Å². The van der Waals surface area contributed by atoms with E-state index in [1.807, 2.05) is 43.3 Å². The maximum Gasteiger partial charge on any atom is 0.255 e. The summed E-state index contributed by atoms with van der Waals surface area (Å²) in [6, 6.07) is 14.2. The van der Waals surface area contributed by atoms with Crippen LogP contribution >= 0.6 is 0 Å². The molecule has 170 valence electrons. The molecule has 2 heterocycles. The van der Waals surface area contributed by atoms with E-state index in [4.69, 9.17) is 9.72 Å². The summed E-state index contributed by atoms with van der Waals surface area (Å²) in [6.07, 6.45) is 10.8. The van der Waals surface area contributed by atoms with Crippen LogP contribution in [0.25, 0.3) is 16.5 Å². The second kappa shape index (κ2) is 9.26. The molecule has 0 bridgehead atoms. The number of allylic oxidation sites excluding steroid dienone is 2. The van der Waals surface area contributed by atoms with Crippen LogP contribution in [0.2, 0.25) is 0 Å². The Morgan fingerprint density at radius 1 is 1.09 bits per heavy atom. The van der Waals surface area contributed by atoms with Gasteiger partial charge in [0.05, 0.1) is 29.4 Å². The Kier molecular flexibility index (Phi) is 6.03. The molecule has 5 heteroatoms. The highest BCUT2D eigenvalue weighted by atomic mass is 16.5. The summed E-state index contributed by atoms with van der Waals surface area (Å²) in [5, 5.41) is 4.26. The van der Waals surface area contributed by atoms with Gasteiger partial charge in [-0.2, -0.15) is 0 Å². The molecule has 2 aromatic carbocycles. The van der Waals surface area contributed by atoms with E-state index in [0.717, 1.165) is 47.2 Å². The van der Waals surface area contributed by atoms with Gasteiger partial charge >= 0.3 is 0 Å². The van der Waals surface area contributed by atoms with E-state index in [1.54, 1.807) is 6.20 Å². The van der Waals surface area contributed by atoms with Crippen molar-refractivity contribution < 1.29 is 9.53 Å². The number of ether oxygens (including phenoxy) is 1. The number of aromatic nitrogens is 1. The highest BCUT2D eigenvalue weighted by molar-refractivity contribution is 6.09. The molecule has 0 unspecified atom stereocenters. The first-order valence-corrected chi connectivity index (χ1v) is 11.9. The average molecular weight is 442 g/mol. The van der Waals surface area contributed by atoms with Crippen molar-refractivity contribution in [2.24, 2.45) is 0 Å². The molecule has 0 radical (unpaired) electrons. The second-order valence-corrected chi connectivity index (χ2v) is 9.15. The second-order valence-electron chi connectivity index (χ2n) is 9.15. The lowest BCUT2D eigenvalue weighted by Gasteiger charge is -2.27. The van der Waals surface area contributed by atoms with Crippen LogP contribution in [0.1, 0.15) is 66.1 Å². The molecule has 1 aliphatic carbocycles. The van der Waals surface area contributed by atoms with Crippen molar-refractivity contribution in [2.45, 2.75) is 44.6 Å². The van der Waals surface area contributed by atoms with Crippen LogP contribution < -0.4 is 15.0 Å². The van der Waals surface area contributed by atoms with E-state index in [2.05, 4.69) is 29.6 Å². The third-order valence-corrected chi connectivity index (χ3v) is 6.71. The van der Waals surface area contributed by atoms with E-state index in [-0.39, 0.29) is 11.9 Å². The number of benzene rings is 2. The number of nitrogens with zero attached hydrogens (tertiary/aromatic N) is 2. The van der Waals surface area contributed by atoms with Crippen LogP contribution in [0.4, 0.5) is 5.69 Å². The number of nitrogens with one attached hydrogen (secondary N) is 1. The summed E-state index contributed by atoms with van der Waals surface area (Å²) in [6.45, 7) is 0.594. The molecule has 3 aromatic rings. The quantitative estimate of drug-likeness (QED) is 0.547. The number of hydrogen-bond donors (Lipinski definition) is 1. The minimum atomic E-state index is -0.103. The first-order valence-electron chi connectivity index (χ1n) is 11.9. The fourth-order valence-corrected chi connectivity index (χ4v) is 5.10. The molecule has 5 rings (SSSR count). The Morgan fingerprint density at radius 2 is 1.97 bits per heavy atom. The maximum atomic E-state index is 13.5. The summed E-state index contributed by atoms with van der Waals surface area (Å²) in [4.78, 5) is 20.4. The molecule has 0 saturated heterocycles. The van der Waals surface area contributed by atoms with E-state index >= 15 is 0 Å². The lowest BCUT2D eigenvalue weighted by Crippen LogP contribution is -2.33. The van der Waals surface area contributed by atoms with Gasteiger partial charge in [-0.25, -0.2) is 0 Å². The van der Waals surface area contributed by atoms with Gasteiger partial charge in [0.25, 0.3) is 5.91 Å². The minimum Gasteiger partial charge on any atom is -0.493 e. The van der Waals surface area contributed by atoms with Gasteiger partial charge in [-0.05, 0) is 37.3 Å². The zero-order valence-corrected chi connectivity index (χ0v) is 19.4. The smallest absolute Gasteiger partial charge is 0.255 e. The number of carbonyl (C=O) groups excluding carboxylic acids is 1. The Morgan fingerprint density at radius 3 is 2.85 bits per heavy atom. The molecule has 33 heavy (non-hydrogen) atoms. The Bertz CT molecular complexity index is 1210. The number of amides is 1. The Balaban J connectivity index is 1.53. The van der Waals surface area contributed by atoms with Crippen LogP contribution in [0.15, 0.2) is 54.7 Å². The summed E-state index contributed by atoms with van der Waals surface area (Å²) in [5.74, 6) is 0.744. The van der Waals surface area contributed by atoms with E-state index in [0.29, 0.717) is 12.2 Å². The molecule has 1 atom stereocenters. The summed E-state index contributed by atoms with van der Waals surface area (Å²) >= 11 is 0. The molecule has 1 N–H and O–H groups in total. The fourth-order valence-electron chi connectivity index (χ4n) is 5.10. The van der Waals surface area contributed by atoms with Crippen molar-refractivity contribution in [3.05, 3.63) is 71.4 Å². The minimum absolute atomic E-state index is 0.0735. The number of anilines is 1. The van der Waals surface area contributed by atoms with E-state index in [1.165, 1.54) is 30.4 Å². The zero-order valence-electron chi connectivity index (χ0n) is 19.4. The molecule has 1 aromatic heterocycles. The van der Waals surface area contributed by atoms with Crippen molar-refractivity contribution in [3.8, 4) is 5.75 Å². The van der Waals surface area contributed by atoms with Crippen molar-refractivity contribution in [1.82, 2.24) is 10.3 Å². The third-order valence-electron chi connectivity index (χ3n) is 6.71. The normalized spacial score (nSPS) is 18.0. The fraction of sp³-hybridized carbons (Fsp3) is 0.357. The summed E-state index contributed by atoms with van der Waals surface area (Å²) in [7, 11) is 3.99. The predicted molar refractivity (Wildman–Crippen MR) is 134 cm³/mol. The van der Waals surface area contributed by atoms with Crippen molar-refractivity contribution in [1.29, 1.82) is 0 Å². The number of para-hydroxylation sites is 2. The first-order chi connectivity index (χ1) is 16.1. The lowest BCUT2D eigenvalue weighted by molar-refractivity contribution is 0.0925. The predicted octanol–water partition coefficient (Wildman–Crippen LogP) is 5.90. The van der Waals surface area contributed by atoms with Gasteiger partial charge in [-0.3, -0.25) is 9.78 Å². The van der Waals surface area contributed by atoms with Crippen LogP contribution in [0, 0.1) is 0 Å². The molecular weight excluding hydrogens is 410 g/mol. The summed E-state index contributed by atoms with van der Waals surface area (Å²) < 4.78 is 5.76. The van der Waals surface area contributed by atoms with E-state index < -0.39 is 0 Å². The van der Waals surface area contributed by atoms with Crippen LogP contribution in [-0.4, -0.2) is 31.6 Å². The molecule has 0 saturated carbocycles. The lowest BCUT2D eigenvalue weighted by atomic mass is 9.96. The zero-order chi connectivity index (χ0) is 22.8. The van der Waals surface area contributed by atoms with Gasteiger partial charge in [-0.1, -0.05) is 48.9 Å². The van der Waals surface area contributed by atoms with Crippen LogP contribution in [0.5, 0.6) is 5.75 Å². The van der Waals surface area contributed by atoms with Gasteiger partial charge in [0.15, 0.2) is 0 Å². The van der Waals surface area contributed by atoms with Crippen LogP contribution in [-0.2, 0) is 0 Å². The number of rotatable bonds is 4. The molecule has 2 aliphatic rings. The molecule has 0 fully saturated rings. The third kappa shape index (κ3) is 4.20.